The van der Waals surface area contributed by atoms with Gasteiger partial charge >= 0.3 is 0 Å². The lowest BCUT2D eigenvalue weighted by atomic mass is 10.2. The predicted octanol–water partition coefficient (Wildman–Crippen LogP) is 2.11. The minimum Gasteiger partial charge on any atom is -0.438 e. The van der Waals surface area contributed by atoms with E-state index in [0.717, 1.165) is 11.3 Å². The summed E-state index contributed by atoms with van der Waals surface area (Å²) in [6.07, 6.45) is 0. The maximum atomic E-state index is 7.59. The third-order valence-electron chi connectivity index (χ3n) is 2.74. The number of nitrogens with one attached hydrogen (secondary N) is 1. The molecule has 1 aromatic heterocycles. The van der Waals surface area contributed by atoms with Crippen LogP contribution in [0.15, 0.2) is 24.3 Å². The molecule has 0 aliphatic heterocycles. The summed E-state index contributed by atoms with van der Waals surface area (Å²) in [6.45, 7) is 3.77. The predicted molar refractivity (Wildman–Crippen MR) is 70.2 cm³/mol. The van der Waals surface area contributed by atoms with Gasteiger partial charge in [-0.2, -0.15) is 5.10 Å². The highest BCUT2D eigenvalue weighted by molar-refractivity contribution is 5.98. The Morgan fingerprint density at radius 1 is 1.33 bits per heavy atom. The van der Waals surface area contributed by atoms with Crippen LogP contribution in [0.2, 0.25) is 0 Å². The first kappa shape index (κ1) is 12.2. The van der Waals surface area contributed by atoms with Gasteiger partial charge < -0.3 is 10.5 Å². The molecule has 5 heteroatoms. The van der Waals surface area contributed by atoms with E-state index in [1.54, 1.807) is 18.7 Å². The number of aryl methyl sites for hydroxylation is 3. The van der Waals surface area contributed by atoms with Crippen LogP contribution in [0.3, 0.4) is 0 Å². The van der Waals surface area contributed by atoms with Gasteiger partial charge in [-0.1, -0.05) is 18.2 Å². The van der Waals surface area contributed by atoms with Crippen LogP contribution in [0, 0.1) is 19.3 Å². The second-order valence-electron chi connectivity index (χ2n) is 4.17. The molecule has 18 heavy (non-hydrogen) atoms. The maximum absolute atomic E-state index is 7.59. The molecule has 0 spiro atoms. The van der Waals surface area contributed by atoms with E-state index in [4.69, 9.17) is 15.9 Å². The zero-order valence-electron chi connectivity index (χ0n) is 10.7. The van der Waals surface area contributed by atoms with Crippen LogP contribution in [-0.2, 0) is 7.05 Å². The quantitative estimate of drug-likeness (QED) is 0.641. The third kappa shape index (κ3) is 2.07. The van der Waals surface area contributed by atoms with Crippen molar-refractivity contribution in [1.82, 2.24) is 9.78 Å². The Morgan fingerprint density at radius 3 is 2.61 bits per heavy atom. The number of nitrogen functional groups attached to an aromatic ring is 1. The van der Waals surface area contributed by atoms with E-state index in [1.165, 1.54) is 0 Å². The third-order valence-corrected chi connectivity index (χ3v) is 2.74. The van der Waals surface area contributed by atoms with Crippen LogP contribution in [-0.4, -0.2) is 15.6 Å². The van der Waals surface area contributed by atoms with Crippen molar-refractivity contribution in [3.05, 3.63) is 41.1 Å². The fourth-order valence-corrected chi connectivity index (χ4v) is 1.84. The van der Waals surface area contributed by atoms with Gasteiger partial charge in [0.15, 0.2) is 0 Å². The van der Waals surface area contributed by atoms with E-state index in [2.05, 4.69) is 5.10 Å². The lowest BCUT2D eigenvalue weighted by molar-refractivity contribution is 0.427. The van der Waals surface area contributed by atoms with Gasteiger partial charge in [0.2, 0.25) is 5.88 Å². The molecule has 5 nitrogen and oxygen atoms in total. The first-order valence-corrected chi connectivity index (χ1v) is 5.62. The molecule has 0 saturated carbocycles. The Morgan fingerprint density at radius 2 is 2.00 bits per heavy atom. The molecule has 0 unspecified atom stereocenters. The lowest BCUT2D eigenvalue weighted by Gasteiger charge is -2.10. The standard InChI is InChI=1S/C13H16N4O/c1-8-6-4-5-7-10(8)18-13-11(12(14)15)9(2)16-17(13)3/h4-7H,1-3H3,(H3,14,15). The largest absolute Gasteiger partial charge is 0.438 e. The number of hydrogen-bond acceptors (Lipinski definition) is 3. The van der Waals surface area contributed by atoms with Crippen molar-refractivity contribution >= 4 is 5.84 Å². The van der Waals surface area contributed by atoms with Gasteiger partial charge in [-0.15, -0.1) is 0 Å². The molecule has 0 radical (unpaired) electrons. The van der Waals surface area contributed by atoms with Crippen molar-refractivity contribution in [1.29, 1.82) is 5.41 Å². The Balaban J connectivity index is 2.47. The molecule has 0 atom stereocenters. The van der Waals surface area contributed by atoms with Gasteiger partial charge in [0, 0.05) is 7.05 Å². The van der Waals surface area contributed by atoms with Crippen LogP contribution in [0.4, 0.5) is 0 Å². The molecule has 0 aliphatic rings. The highest BCUT2D eigenvalue weighted by Gasteiger charge is 2.18. The smallest absolute Gasteiger partial charge is 0.228 e. The van der Waals surface area contributed by atoms with Gasteiger partial charge in [-0.3, -0.25) is 5.41 Å². The Labute approximate surface area is 106 Å². The molecule has 0 fully saturated rings. The maximum Gasteiger partial charge on any atom is 0.228 e. The van der Waals surface area contributed by atoms with Crippen LogP contribution in [0.5, 0.6) is 11.6 Å². The second-order valence-corrected chi connectivity index (χ2v) is 4.17. The fourth-order valence-electron chi connectivity index (χ4n) is 1.84. The molecule has 2 rings (SSSR count). The summed E-state index contributed by atoms with van der Waals surface area (Å²) in [4.78, 5) is 0. The molecular formula is C13H16N4O. The van der Waals surface area contributed by atoms with Crippen LogP contribution in [0.25, 0.3) is 0 Å². The number of amidine groups is 1. The Hall–Kier alpha value is -2.30. The summed E-state index contributed by atoms with van der Waals surface area (Å²) in [5, 5.41) is 11.8. The number of hydrogen-bond donors (Lipinski definition) is 2. The van der Waals surface area contributed by atoms with Gasteiger partial charge in [0.1, 0.15) is 17.1 Å². The summed E-state index contributed by atoms with van der Waals surface area (Å²) in [5.74, 6) is 1.20. The van der Waals surface area contributed by atoms with Crippen molar-refractivity contribution < 1.29 is 4.74 Å². The molecule has 0 aliphatic carbocycles. The molecule has 2 aromatic rings. The molecule has 3 N–H and O–H groups in total. The summed E-state index contributed by atoms with van der Waals surface area (Å²) in [7, 11) is 1.77. The van der Waals surface area contributed by atoms with Gasteiger partial charge in [-0.05, 0) is 25.5 Å². The summed E-state index contributed by atoms with van der Waals surface area (Å²) in [5.41, 5.74) is 7.82. The minimum atomic E-state index is -0.0378. The average molecular weight is 244 g/mol. The van der Waals surface area contributed by atoms with E-state index in [-0.39, 0.29) is 5.84 Å². The highest BCUT2D eigenvalue weighted by atomic mass is 16.5. The van der Waals surface area contributed by atoms with E-state index in [9.17, 15) is 0 Å². The van der Waals surface area contributed by atoms with Crippen molar-refractivity contribution in [2.24, 2.45) is 12.8 Å². The zero-order chi connectivity index (χ0) is 13.3. The number of benzene rings is 1. The number of rotatable bonds is 3. The summed E-state index contributed by atoms with van der Waals surface area (Å²) in [6, 6.07) is 7.69. The zero-order valence-corrected chi connectivity index (χ0v) is 10.7. The molecular weight excluding hydrogens is 228 g/mol. The van der Waals surface area contributed by atoms with Crippen LogP contribution < -0.4 is 10.5 Å². The highest BCUT2D eigenvalue weighted by Crippen LogP contribution is 2.28. The lowest BCUT2D eigenvalue weighted by Crippen LogP contribution is -2.13. The van der Waals surface area contributed by atoms with E-state index >= 15 is 0 Å². The van der Waals surface area contributed by atoms with Crippen LogP contribution >= 0.6 is 0 Å². The van der Waals surface area contributed by atoms with Crippen molar-refractivity contribution in [2.45, 2.75) is 13.8 Å². The molecule has 1 heterocycles. The van der Waals surface area contributed by atoms with E-state index < -0.39 is 0 Å². The van der Waals surface area contributed by atoms with Gasteiger partial charge in [0.25, 0.3) is 0 Å². The molecule has 0 saturated heterocycles. The Kier molecular flexibility index (Phi) is 3.06. The second kappa shape index (κ2) is 4.52. The Bertz CT molecular complexity index is 601. The SMILES string of the molecule is Cc1ccccc1Oc1c(C(=N)N)c(C)nn1C. The molecule has 1 aromatic carbocycles. The fraction of sp³-hybridized carbons (Fsp3) is 0.231. The van der Waals surface area contributed by atoms with Crippen LogP contribution in [0.1, 0.15) is 16.8 Å². The van der Waals surface area contributed by atoms with E-state index in [1.807, 2.05) is 31.2 Å². The van der Waals surface area contributed by atoms with Crippen molar-refractivity contribution in [3.8, 4) is 11.6 Å². The number of ether oxygens (including phenoxy) is 1. The summed E-state index contributed by atoms with van der Waals surface area (Å²) < 4.78 is 7.43. The van der Waals surface area contributed by atoms with Crippen molar-refractivity contribution in [2.75, 3.05) is 0 Å². The van der Waals surface area contributed by atoms with Gasteiger partial charge in [0.05, 0.1) is 5.69 Å². The number of para-hydroxylation sites is 1. The van der Waals surface area contributed by atoms with Crippen molar-refractivity contribution in [3.63, 3.8) is 0 Å². The normalized spacial score (nSPS) is 10.4. The molecule has 0 bridgehead atoms. The first-order chi connectivity index (χ1) is 8.50. The average Bonchev–Trinajstić information content (AvgIpc) is 2.57. The first-order valence-electron chi connectivity index (χ1n) is 5.62. The number of nitrogens with two attached hydrogens (primary N) is 1. The summed E-state index contributed by atoms with van der Waals surface area (Å²) >= 11 is 0. The molecule has 0 amide bonds. The monoisotopic (exact) mass is 244 g/mol. The number of aromatic nitrogens is 2. The topological polar surface area (TPSA) is 76.9 Å². The van der Waals surface area contributed by atoms with Gasteiger partial charge in [-0.25, -0.2) is 4.68 Å². The molecule has 94 valence electrons. The van der Waals surface area contributed by atoms with E-state index in [0.29, 0.717) is 17.1 Å². The number of nitrogens with zero attached hydrogens (tertiary/aromatic N) is 2. The minimum absolute atomic E-state index is 0.0378.